The fourth-order valence-electron chi connectivity index (χ4n) is 2.12. The molecule has 5 nitrogen and oxygen atoms in total. The molecule has 0 fully saturated rings. The number of amides is 1. The molecule has 20 heavy (non-hydrogen) atoms. The van der Waals surface area contributed by atoms with Gasteiger partial charge in [-0.2, -0.15) is 0 Å². The lowest BCUT2D eigenvalue weighted by atomic mass is 10.1. The maximum atomic E-state index is 12.0. The zero-order valence-corrected chi connectivity index (χ0v) is 11.6. The van der Waals surface area contributed by atoms with E-state index in [2.05, 4.69) is 17.2 Å². The number of para-hydroxylation sites is 2. The molecule has 106 valence electrons. The second-order valence-electron chi connectivity index (χ2n) is 4.79. The summed E-state index contributed by atoms with van der Waals surface area (Å²) in [7, 11) is 0. The van der Waals surface area contributed by atoms with Crippen molar-refractivity contribution in [1.29, 1.82) is 0 Å². The summed E-state index contributed by atoms with van der Waals surface area (Å²) in [6.45, 7) is 2.06. The SMILES string of the molecule is CCCC(N)CC(=O)Nc1ccccc1-n1ccnc1. The molecule has 1 atom stereocenters. The van der Waals surface area contributed by atoms with Gasteiger partial charge in [0.15, 0.2) is 0 Å². The molecule has 1 unspecified atom stereocenters. The van der Waals surface area contributed by atoms with E-state index in [0.717, 1.165) is 24.2 Å². The number of aromatic nitrogens is 2. The summed E-state index contributed by atoms with van der Waals surface area (Å²) in [6, 6.07) is 7.54. The lowest BCUT2D eigenvalue weighted by molar-refractivity contribution is -0.116. The van der Waals surface area contributed by atoms with Crippen molar-refractivity contribution in [3.63, 3.8) is 0 Å². The Morgan fingerprint density at radius 1 is 1.45 bits per heavy atom. The first-order valence-corrected chi connectivity index (χ1v) is 6.83. The first kappa shape index (κ1) is 14.3. The van der Waals surface area contributed by atoms with E-state index < -0.39 is 0 Å². The van der Waals surface area contributed by atoms with Crippen LogP contribution in [0.4, 0.5) is 5.69 Å². The number of nitrogens with zero attached hydrogens (tertiary/aromatic N) is 2. The van der Waals surface area contributed by atoms with Gasteiger partial charge in [-0.15, -0.1) is 0 Å². The van der Waals surface area contributed by atoms with Crippen LogP contribution in [0.2, 0.25) is 0 Å². The Morgan fingerprint density at radius 3 is 2.95 bits per heavy atom. The first-order chi connectivity index (χ1) is 9.70. The van der Waals surface area contributed by atoms with Crippen LogP contribution in [-0.4, -0.2) is 21.5 Å². The van der Waals surface area contributed by atoms with Gasteiger partial charge in [0.1, 0.15) is 0 Å². The molecule has 0 radical (unpaired) electrons. The van der Waals surface area contributed by atoms with E-state index in [9.17, 15) is 4.79 Å². The van der Waals surface area contributed by atoms with Crippen molar-refractivity contribution in [1.82, 2.24) is 9.55 Å². The van der Waals surface area contributed by atoms with Crippen molar-refractivity contribution in [2.75, 3.05) is 5.32 Å². The van der Waals surface area contributed by atoms with Crippen LogP contribution in [0.25, 0.3) is 5.69 Å². The van der Waals surface area contributed by atoms with Gasteiger partial charge in [0.05, 0.1) is 17.7 Å². The van der Waals surface area contributed by atoms with Crippen LogP contribution >= 0.6 is 0 Å². The quantitative estimate of drug-likeness (QED) is 0.847. The highest BCUT2D eigenvalue weighted by Crippen LogP contribution is 2.19. The Labute approximate surface area is 118 Å². The van der Waals surface area contributed by atoms with Gasteiger partial charge in [-0.1, -0.05) is 25.5 Å². The van der Waals surface area contributed by atoms with E-state index in [4.69, 9.17) is 5.73 Å². The number of anilines is 1. The molecule has 0 aliphatic rings. The molecule has 0 aliphatic carbocycles. The van der Waals surface area contributed by atoms with Crippen LogP contribution < -0.4 is 11.1 Å². The number of benzene rings is 1. The Hall–Kier alpha value is -2.14. The topological polar surface area (TPSA) is 72.9 Å². The summed E-state index contributed by atoms with van der Waals surface area (Å²) < 4.78 is 1.86. The van der Waals surface area contributed by atoms with Crippen LogP contribution in [0.1, 0.15) is 26.2 Å². The molecular weight excluding hydrogens is 252 g/mol. The molecule has 3 N–H and O–H groups in total. The lowest BCUT2D eigenvalue weighted by Crippen LogP contribution is -2.27. The summed E-state index contributed by atoms with van der Waals surface area (Å²) in [5, 5.41) is 2.92. The molecule has 2 aromatic rings. The van der Waals surface area contributed by atoms with E-state index in [1.807, 2.05) is 35.0 Å². The maximum absolute atomic E-state index is 12.0. The molecular formula is C15H20N4O. The molecule has 1 aromatic heterocycles. The minimum absolute atomic E-state index is 0.0569. The number of nitrogens with two attached hydrogens (primary N) is 1. The van der Waals surface area contributed by atoms with E-state index in [0.29, 0.717) is 6.42 Å². The normalized spacial score (nSPS) is 12.1. The zero-order valence-electron chi connectivity index (χ0n) is 11.6. The zero-order chi connectivity index (χ0) is 14.4. The molecule has 1 aromatic carbocycles. The minimum Gasteiger partial charge on any atom is -0.327 e. The molecule has 0 saturated heterocycles. The van der Waals surface area contributed by atoms with Crippen LogP contribution in [0.3, 0.4) is 0 Å². The number of imidazole rings is 1. The van der Waals surface area contributed by atoms with Crippen molar-refractivity contribution in [2.24, 2.45) is 5.73 Å². The highest BCUT2D eigenvalue weighted by atomic mass is 16.1. The third kappa shape index (κ3) is 3.68. The maximum Gasteiger partial charge on any atom is 0.225 e. The fraction of sp³-hybridized carbons (Fsp3) is 0.333. The van der Waals surface area contributed by atoms with Gasteiger partial charge in [0, 0.05) is 24.9 Å². The number of nitrogens with one attached hydrogen (secondary N) is 1. The van der Waals surface area contributed by atoms with Crippen molar-refractivity contribution in [3.8, 4) is 5.69 Å². The molecule has 0 spiro atoms. The van der Waals surface area contributed by atoms with Crippen LogP contribution in [-0.2, 0) is 4.79 Å². The fourth-order valence-corrected chi connectivity index (χ4v) is 2.12. The van der Waals surface area contributed by atoms with Gasteiger partial charge >= 0.3 is 0 Å². The van der Waals surface area contributed by atoms with Crippen LogP contribution in [0.5, 0.6) is 0 Å². The summed E-state index contributed by atoms with van der Waals surface area (Å²) in [5.74, 6) is -0.0569. The van der Waals surface area contributed by atoms with Crippen LogP contribution in [0.15, 0.2) is 43.0 Å². The van der Waals surface area contributed by atoms with Crippen molar-refractivity contribution in [2.45, 2.75) is 32.2 Å². The summed E-state index contributed by atoms with van der Waals surface area (Å²) in [6.07, 6.45) is 7.43. The van der Waals surface area contributed by atoms with Gasteiger partial charge in [-0.05, 0) is 18.6 Å². The van der Waals surface area contributed by atoms with Crippen molar-refractivity contribution >= 4 is 11.6 Å². The van der Waals surface area contributed by atoms with Crippen molar-refractivity contribution in [3.05, 3.63) is 43.0 Å². The van der Waals surface area contributed by atoms with E-state index in [1.54, 1.807) is 12.5 Å². The van der Waals surface area contributed by atoms with E-state index in [-0.39, 0.29) is 11.9 Å². The Balaban J connectivity index is 2.08. The number of carbonyl (C=O) groups is 1. The first-order valence-electron chi connectivity index (χ1n) is 6.83. The summed E-state index contributed by atoms with van der Waals surface area (Å²) in [5.41, 5.74) is 7.55. The van der Waals surface area contributed by atoms with Gasteiger partial charge in [0.2, 0.25) is 5.91 Å². The molecule has 1 amide bonds. The van der Waals surface area contributed by atoms with Gasteiger partial charge < -0.3 is 15.6 Å². The van der Waals surface area contributed by atoms with Gasteiger partial charge in [-0.3, -0.25) is 4.79 Å². The summed E-state index contributed by atoms with van der Waals surface area (Å²) in [4.78, 5) is 16.0. The van der Waals surface area contributed by atoms with E-state index in [1.165, 1.54) is 0 Å². The lowest BCUT2D eigenvalue weighted by Gasteiger charge is -2.13. The Bertz CT molecular complexity index is 551. The predicted octanol–water partition coefficient (Wildman–Crippen LogP) is 2.33. The summed E-state index contributed by atoms with van der Waals surface area (Å²) >= 11 is 0. The smallest absolute Gasteiger partial charge is 0.225 e. The van der Waals surface area contributed by atoms with Crippen LogP contribution in [0, 0.1) is 0 Å². The highest BCUT2D eigenvalue weighted by molar-refractivity contribution is 5.93. The second kappa shape index (κ2) is 6.86. The Kier molecular flexibility index (Phi) is 4.90. The minimum atomic E-state index is -0.0830. The number of rotatable bonds is 6. The molecule has 2 rings (SSSR count). The van der Waals surface area contributed by atoms with Gasteiger partial charge in [-0.25, -0.2) is 4.98 Å². The monoisotopic (exact) mass is 272 g/mol. The molecule has 0 aliphatic heterocycles. The number of carbonyl (C=O) groups excluding carboxylic acids is 1. The number of hydrogen-bond donors (Lipinski definition) is 2. The van der Waals surface area contributed by atoms with Crippen molar-refractivity contribution < 1.29 is 4.79 Å². The average molecular weight is 272 g/mol. The third-order valence-corrected chi connectivity index (χ3v) is 3.07. The highest BCUT2D eigenvalue weighted by Gasteiger charge is 2.11. The standard InChI is InChI=1S/C15H20N4O/c1-2-5-12(16)10-15(20)18-13-6-3-4-7-14(13)19-9-8-17-11-19/h3-4,6-9,11-12H,2,5,10,16H2,1H3,(H,18,20). The number of hydrogen-bond acceptors (Lipinski definition) is 3. The van der Waals surface area contributed by atoms with E-state index >= 15 is 0 Å². The molecule has 5 heteroatoms. The molecule has 1 heterocycles. The predicted molar refractivity (Wildman–Crippen MR) is 79.7 cm³/mol. The average Bonchev–Trinajstić information content (AvgIpc) is 2.93. The molecule has 0 bridgehead atoms. The third-order valence-electron chi connectivity index (χ3n) is 3.07. The largest absolute Gasteiger partial charge is 0.327 e. The molecule has 0 saturated carbocycles. The second-order valence-corrected chi connectivity index (χ2v) is 4.79. The Morgan fingerprint density at radius 2 is 2.25 bits per heavy atom. The van der Waals surface area contributed by atoms with Gasteiger partial charge in [0.25, 0.3) is 0 Å².